The predicted octanol–water partition coefficient (Wildman–Crippen LogP) is 4.39. The topological polar surface area (TPSA) is 20.2 Å². The van der Waals surface area contributed by atoms with Gasteiger partial charge in [0, 0.05) is 15.2 Å². The molecular formula is C12H14Cl2OS. The quantitative estimate of drug-likeness (QED) is 0.865. The van der Waals surface area contributed by atoms with Crippen molar-refractivity contribution in [2.24, 2.45) is 0 Å². The number of thioether (sulfide) groups is 1. The smallest absolute Gasteiger partial charge is 0.0662 e. The van der Waals surface area contributed by atoms with Gasteiger partial charge in [-0.05, 0) is 31.0 Å². The lowest BCUT2D eigenvalue weighted by atomic mass is 9.97. The highest BCUT2D eigenvalue weighted by Gasteiger charge is 2.24. The molecule has 2 atom stereocenters. The number of hydrogen-bond donors (Lipinski definition) is 1. The largest absolute Gasteiger partial charge is 0.392 e. The first-order chi connectivity index (χ1) is 7.66. The van der Waals surface area contributed by atoms with Crippen LogP contribution < -0.4 is 0 Å². The van der Waals surface area contributed by atoms with Gasteiger partial charge >= 0.3 is 0 Å². The molecule has 88 valence electrons. The second-order valence-corrected chi connectivity index (χ2v) is 6.21. The van der Waals surface area contributed by atoms with Gasteiger partial charge in [0.15, 0.2) is 0 Å². The number of aliphatic hydroxyl groups is 1. The third-order valence-corrected chi connectivity index (χ3v) is 4.96. The van der Waals surface area contributed by atoms with Crippen LogP contribution in [0.5, 0.6) is 0 Å². The Morgan fingerprint density at radius 1 is 1.19 bits per heavy atom. The Kier molecular flexibility index (Phi) is 4.42. The molecule has 1 aromatic rings. The zero-order valence-electron chi connectivity index (χ0n) is 8.83. The minimum absolute atomic E-state index is 0.214. The van der Waals surface area contributed by atoms with Crippen molar-refractivity contribution in [1.29, 1.82) is 0 Å². The molecule has 16 heavy (non-hydrogen) atoms. The number of halogens is 2. The Hall–Kier alpha value is 0.110. The summed E-state index contributed by atoms with van der Waals surface area (Å²) >= 11 is 13.7. The van der Waals surface area contributed by atoms with Gasteiger partial charge in [-0.25, -0.2) is 0 Å². The molecule has 0 aromatic heterocycles. The van der Waals surface area contributed by atoms with Crippen molar-refractivity contribution in [3.05, 3.63) is 28.2 Å². The maximum Gasteiger partial charge on any atom is 0.0662 e. The molecule has 0 aliphatic heterocycles. The van der Waals surface area contributed by atoms with Gasteiger partial charge in [-0.15, -0.1) is 11.8 Å². The van der Waals surface area contributed by atoms with Crippen LogP contribution in [0.1, 0.15) is 25.7 Å². The Morgan fingerprint density at radius 2 is 1.94 bits per heavy atom. The summed E-state index contributed by atoms with van der Waals surface area (Å²) in [4.78, 5) is 0.972. The first-order valence-electron chi connectivity index (χ1n) is 5.46. The van der Waals surface area contributed by atoms with Gasteiger partial charge in [0.05, 0.1) is 11.1 Å². The number of benzene rings is 1. The Labute approximate surface area is 110 Å². The molecule has 1 nitrogen and oxygen atoms in total. The summed E-state index contributed by atoms with van der Waals surface area (Å²) in [5.74, 6) is 0. The summed E-state index contributed by atoms with van der Waals surface area (Å²) in [5.41, 5.74) is 0. The van der Waals surface area contributed by atoms with E-state index in [2.05, 4.69) is 0 Å². The molecule has 1 aromatic carbocycles. The van der Waals surface area contributed by atoms with Crippen molar-refractivity contribution < 1.29 is 5.11 Å². The number of hydrogen-bond acceptors (Lipinski definition) is 2. The van der Waals surface area contributed by atoms with Crippen LogP contribution in [0.3, 0.4) is 0 Å². The van der Waals surface area contributed by atoms with E-state index in [9.17, 15) is 5.11 Å². The normalized spacial score (nSPS) is 25.7. The molecule has 2 rings (SSSR count). The van der Waals surface area contributed by atoms with Gasteiger partial charge in [0.1, 0.15) is 0 Å². The Morgan fingerprint density at radius 3 is 2.69 bits per heavy atom. The molecule has 1 N–H and O–H groups in total. The van der Waals surface area contributed by atoms with Gasteiger partial charge in [0.25, 0.3) is 0 Å². The van der Waals surface area contributed by atoms with Crippen LogP contribution in [0.2, 0.25) is 10.0 Å². The van der Waals surface area contributed by atoms with E-state index in [1.54, 1.807) is 23.9 Å². The molecule has 0 radical (unpaired) electrons. The van der Waals surface area contributed by atoms with E-state index in [4.69, 9.17) is 23.2 Å². The van der Waals surface area contributed by atoms with Crippen molar-refractivity contribution in [3.63, 3.8) is 0 Å². The van der Waals surface area contributed by atoms with Crippen LogP contribution in [0.25, 0.3) is 0 Å². The molecule has 0 saturated heterocycles. The maximum atomic E-state index is 9.89. The van der Waals surface area contributed by atoms with Crippen LogP contribution >= 0.6 is 35.0 Å². The molecule has 0 unspecified atom stereocenters. The van der Waals surface area contributed by atoms with Crippen molar-refractivity contribution in [3.8, 4) is 0 Å². The maximum absolute atomic E-state index is 9.89. The van der Waals surface area contributed by atoms with Crippen LogP contribution in [0.15, 0.2) is 23.1 Å². The predicted molar refractivity (Wildman–Crippen MR) is 70.6 cm³/mol. The minimum atomic E-state index is -0.214. The molecule has 0 spiro atoms. The fourth-order valence-electron chi connectivity index (χ4n) is 1.95. The lowest BCUT2D eigenvalue weighted by molar-refractivity contribution is 0.137. The van der Waals surface area contributed by atoms with Crippen molar-refractivity contribution >= 4 is 35.0 Å². The highest BCUT2D eigenvalue weighted by molar-refractivity contribution is 8.00. The van der Waals surface area contributed by atoms with Gasteiger partial charge in [-0.3, -0.25) is 0 Å². The summed E-state index contributed by atoms with van der Waals surface area (Å²) in [6, 6.07) is 5.46. The third-order valence-electron chi connectivity index (χ3n) is 2.84. The van der Waals surface area contributed by atoms with Crippen LogP contribution in [-0.4, -0.2) is 16.5 Å². The summed E-state index contributed by atoms with van der Waals surface area (Å²) in [7, 11) is 0. The molecule has 4 heteroatoms. The molecule has 1 saturated carbocycles. The minimum Gasteiger partial charge on any atom is -0.392 e. The van der Waals surface area contributed by atoms with Crippen molar-refractivity contribution in [1.82, 2.24) is 0 Å². The highest BCUT2D eigenvalue weighted by atomic mass is 35.5. The Bertz CT molecular complexity index is 370. The lowest BCUT2D eigenvalue weighted by Gasteiger charge is -2.27. The molecular weight excluding hydrogens is 263 g/mol. The van der Waals surface area contributed by atoms with Crippen LogP contribution in [0, 0.1) is 0 Å². The van der Waals surface area contributed by atoms with E-state index in [-0.39, 0.29) is 11.4 Å². The molecule has 1 fully saturated rings. The second-order valence-electron chi connectivity index (χ2n) is 4.08. The molecule has 1 aliphatic carbocycles. The summed E-state index contributed by atoms with van der Waals surface area (Å²) in [6.45, 7) is 0. The van der Waals surface area contributed by atoms with E-state index in [1.165, 1.54) is 6.42 Å². The fourth-order valence-corrected chi connectivity index (χ4v) is 3.71. The van der Waals surface area contributed by atoms with E-state index in [1.807, 2.05) is 6.07 Å². The average Bonchev–Trinajstić information content (AvgIpc) is 2.27. The van der Waals surface area contributed by atoms with Gasteiger partial charge in [-0.1, -0.05) is 36.0 Å². The third kappa shape index (κ3) is 3.07. The average molecular weight is 277 g/mol. The zero-order chi connectivity index (χ0) is 11.5. The standard InChI is InChI=1S/C12H14Cl2OS/c13-8-5-6-9(14)12(7-8)16-11-4-2-1-3-10(11)15/h5-7,10-11,15H,1-4H2/t10-,11-/m1/s1. The van der Waals surface area contributed by atoms with Crippen LogP contribution in [-0.2, 0) is 0 Å². The lowest BCUT2D eigenvalue weighted by Crippen LogP contribution is -2.26. The molecule has 1 aliphatic rings. The van der Waals surface area contributed by atoms with E-state index >= 15 is 0 Å². The van der Waals surface area contributed by atoms with E-state index < -0.39 is 0 Å². The van der Waals surface area contributed by atoms with Gasteiger partial charge in [-0.2, -0.15) is 0 Å². The summed E-state index contributed by atoms with van der Waals surface area (Å²) in [5, 5.41) is 11.6. The van der Waals surface area contributed by atoms with Crippen molar-refractivity contribution in [2.75, 3.05) is 0 Å². The highest BCUT2D eigenvalue weighted by Crippen LogP contribution is 2.38. The first kappa shape index (κ1) is 12.6. The Balaban J connectivity index is 2.10. The second kappa shape index (κ2) is 5.63. The van der Waals surface area contributed by atoms with E-state index in [0.29, 0.717) is 10.0 Å². The summed E-state index contributed by atoms with van der Waals surface area (Å²) < 4.78 is 0. The summed E-state index contributed by atoms with van der Waals surface area (Å²) in [6.07, 6.45) is 4.05. The van der Waals surface area contributed by atoms with Gasteiger partial charge < -0.3 is 5.11 Å². The monoisotopic (exact) mass is 276 g/mol. The zero-order valence-corrected chi connectivity index (χ0v) is 11.2. The SMILES string of the molecule is O[C@@H]1CCCC[C@H]1Sc1cc(Cl)ccc1Cl. The fraction of sp³-hybridized carbons (Fsp3) is 0.500. The van der Waals surface area contributed by atoms with Gasteiger partial charge in [0.2, 0.25) is 0 Å². The number of aliphatic hydroxyl groups excluding tert-OH is 1. The molecule has 0 bridgehead atoms. The molecule has 0 heterocycles. The first-order valence-corrected chi connectivity index (χ1v) is 7.10. The van der Waals surface area contributed by atoms with Crippen molar-refractivity contribution in [2.45, 2.75) is 41.9 Å². The van der Waals surface area contributed by atoms with E-state index in [0.717, 1.165) is 24.2 Å². The number of rotatable bonds is 2. The van der Waals surface area contributed by atoms with Crippen LogP contribution in [0.4, 0.5) is 0 Å². The molecule has 0 amide bonds.